The van der Waals surface area contributed by atoms with E-state index in [2.05, 4.69) is 20.4 Å². The molecule has 1 aliphatic heterocycles. The molecular weight excluding hydrogens is 318 g/mol. The molecule has 25 heavy (non-hydrogen) atoms. The summed E-state index contributed by atoms with van der Waals surface area (Å²) >= 11 is 0. The monoisotopic (exact) mass is 343 g/mol. The number of nitrogens with zero attached hydrogens (tertiary/aromatic N) is 4. The van der Waals surface area contributed by atoms with E-state index in [0.29, 0.717) is 30.4 Å². The molecule has 1 aliphatic carbocycles. The summed E-state index contributed by atoms with van der Waals surface area (Å²) in [7, 11) is 0. The quantitative estimate of drug-likeness (QED) is 0.898. The lowest BCUT2D eigenvalue weighted by atomic mass is 10.2. The van der Waals surface area contributed by atoms with Crippen molar-refractivity contribution in [1.29, 1.82) is 0 Å². The Morgan fingerprint density at radius 2 is 1.96 bits per heavy atom. The summed E-state index contributed by atoms with van der Waals surface area (Å²) in [5, 5.41) is 8.00. The van der Waals surface area contributed by atoms with Gasteiger partial charge in [0, 0.05) is 32.0 Å². The Hall–Kier alpha value is -2.18. The van der Waals surface area contributed by atoms with E-state index in [4.69, 9.17) is 9.51 Å². The summed E-state index contributed by atoms with van der Waals surface area (Å²) in [6, 6.07) is 0.389. The Balaban J connectivity index is 1.58. The molecule has 7 heteroatoms. The van der Waals surface area contributed by atoms with Crippen LogP contribution in [0.5, 0.6) is 0 Å². The van der Waals surface area contributed by atoms with Gasteiger partial charge in [-0.3, -0.25) is 4.79 Å². The lowest BCUT2D eigenvalue weighted by Gasteiger charge is -2.22. The summed E-state index contributed by atoms with van der Waals surface area (Å²) in [4.78, 5) is 23.6. The number of aromatic nitrogens is 3. The molecule has 2 aromatic rings. The minimum absolute atomic E-state index is 0.0799. The van der Waals surface area contributed by atoms with Crippen molar-refractivity contribution < 1.29 is 9.32 Å². The maximum absolute atomic E-state index is 12.0. The fourth-order valence-corrected chi connectivity index (χ4v) is 3.39. The number of hydrogen-bond donors (Lipinski definition) is 1. The van der Waals surface area contributed by atoms with Crippen LogP contribution in [0.15, 0.2) is 4.52 Å². The van der Waals surface area contributed by atoms with E-state index in [9.17, 15) is 4.79 Å². The summed E-state index contributed by atoms with van der Waals surface area (Å²) in [5.74, 6) is 1.66. The van der Waals surface area contributed by atoms with Gasteiger partial charge in [0.15, 0.2) is 0 Å². The zero-order valence-electron chi connectivity index (χ0n) is 14.8. The topological polar surface area (TPSA) is 84.1 Å². The van der Waals surface area contributed by atoms with E-state index in [1.807, 2.05) is 6.92 Å². The van der Waals surface area contributed by atoms with E-state index in [1.54, 1.807) is 0 Å². The van der Waals surface area contributed by atoms with Crippen molar-refractivity contribution in [2.75, 3.05) is 18.0 Å². The fraction of sp³-hybridized carbons (Fsp3) is 0.667. The van der Waals surface area contributed by atoms with Crippen molar-refractivity contribution in [1.82, 2.24) is 20.4 Å². The molecular formula is C18H25N5O2. The minimum atomic E-state index is 0.0799. The van der Waals surface area contributed by atoms with Gasteiger partial charge in [-0.1, -0.05) is 18.0 Å². The summed E-state index contributed by atoms with van der Waals surface area (Å²) in [6.45, 7) is 3.93. The Morgan fingerprint density at radius 3 is 2.68 bits per heavy atom. The molecule has 0 radical (unpaired) electrons. The van der Waals surface area contributed by atoms with Crippen molar-refractivity contribution in [3.8, 4) is 0 Å². The molecule has 2 fully saturated rings. The van der Waals surface area contributed by atoms with Crippen LogP contribution in [0.4, 0.5) is 5.82 Å². The van der Waals surface area contributed by atoms with Crippen LogP contribution in [0, 0.1) is 6.92 Å². The summed E-state index contributed by atoms with van der Waals surface area (Å²) in [5.41, 5.74) is 1.36. The predicted molar refractivity (Wildman–Crippen MR) is 94.5 cm³/mol. The number of aryl methyl sites for hydroxylation is 2. The van der Waals surface area contributed by atoms with Crippen LogP contribution in [0.25, 0.3) is 11.1 Å². The van der Waals surface area contributed by atoms with Crippen molar-refractivity contribution in [3.05, 3.63) is 11.5 Å². The second-order valence-electron chi connectivity index (χ2n) is 7.15. The third-order valence-corrected chi connectivity index (χ3v) is 4.96. The molecule has 2 aromatic heterocycles. The van der Waals surface area contributed by atoms with Gasteiger partial charge in [0.2, 0.25) is 5.91 Å². The molecule has 0 unspecified atom stereocenters. The van der Waals surface area contributed by atoms with Crippen LogP contribution >= 0.6 is 0 Å². The van der Waals surface area contributed by atoms with Gasteiger partial charge in [-0.2, -0.15) is 4.98 Å². The number of rotatable bonds is 5. The highest BCUT2D eigenvalue weighted by molar-refractivity contribution is 5.88. The number of amides is 1. The van der Waals surface area contributed by atoms with Gasteiger partial charge >= 0.3 is 0 Å². The Bertz CT molecular complexity index is 760. The smallest absolute Gasteiger partial charge is 0.263 e. The maximum Gasteiger partial charge on any atom is 0.263 e. The van der Waals surface area contributed by atoms with Crippen LogP contribution in [0.1, 0.15) is 56.5 Å². The zero-order chi connectivity index (χ0) is 17.2. The second kappa shape index (κ2) is 6.98. The molecule has 1 N–H and O–H groups in total. The molecule has 0 bridgehead atoms. The number of anilines is 1. The first kappa shape index (κ1) is 16.3. The maximum atomic E-state index is 12.0. The van der Waals surface area contributed by atoms with Gasteiger partial charge in [-0.05, 0) is 32.6 Å². The summed E-state index contributed by atoms with van der Waals surface area (Å²) < 4.78 is 5.41. The minimum Gasteiger partial charge on any atom is -0.356 e. The number of hydrogen-bond acceptors (Lipinski definition) is 6. The Kier molecular flexibility index (Phi) is 4.55. The molecule has 0 aromatic carbocycles. The molecule has 1 saturated heterocycles. The first-order chi connectivity index (χ1) is 12.2. The van der Waals surface area contributed by atoms with Crippen LogP contribution in [0.2, 0.25) is 0 Å². The van der Waals surface area contributed by atoms with Gasteiger partial charge < -0.3 is 14.7 Å². The van der Waals surface area contributed by atoms with Crippen LogP contribution in [0.3, 0.4) is 0 Å². The van der Waals surface area contributed by atoms with Crippen LogP contribution in [-0.2, 0) is 11.2 Å². The first-order valence-corrected chi connectivity index (χ1v) is 9.38. The standard InChI is InChI=1S/C18H25N5O2/c1-12-16-17(23-10-4-2-3-5-11-23)20-14(21-18(16)25-22-12)8-9-15(24)19-13-6-7-13/h13H,2-11H2,1H3,(H,19,24). The van der Waals surface area contributed by atoms with E-state index in [1.165, 1.54) is 25.7 Å². The van der Waals surface area contributed by atoms with Crippen molar-refractivity contribution in [2.45, 2.75) is 64.3 Å². The molecule has 0 atom stereocenters. The highest BCUT2D eigenvalue weighted by atomic mass is 16.5. The SMILES string of the molecule is Cc1noc2nc(CCC(=O)NC3CC3)nc(N3CCCCCC3)c12. The lowest BCUT2D eigenvalue weighted by molar-refractivity contribution is -0.121. The molecule has 2 aliphatic rings. The highest BCUT2D eigenvalue weighted by Gasteiger charge is 2.24. The Labute approximate surface area is 147 Å². The molecule has 1 amide bonds. The number of carbonyl (C=O) groups is 1. The molecule has 3 heterocycles. The van der Waals surface area contributed by atoms with Crippen molar-refractivity contribution >= 4 is 22.8 Å². The molecule has 7 nitrogen and oxygen atoms in total. The van der Waals surface area contributed by atoms with Gasteiger partial charge in [-0.25, -0.2) is 4.98 Å². The predicted octanol–water partition coefficient (Wildman–Crippen LogP) is 2.52. The number of carbonyl (C=O) groups excluding carboxylic acids is 1. The molecule has 134 valence electrons. The van der Waals surface area contributed by atoms with Gasteiger partial charge in [0.05, 0.1) is 5.69 Å². The molecule has 0 spiro atoms. The van der Waals surface area contributed by atoms with E-state index in [-0.39, 0.29) is 5.91 Å². The zero-order valence-corrected chi connectivity index (χ0v) is 14.8. The average Bonchev–Trinajstić information content (AvgIpc) is 3.39. The van der Waals surface area contributed by atoms with Gasteiger partial charge in [-0.15, -0.1) is 0 Å². The van der Waals surface area contributed by atoms with E-state index < -0.39 is 0 Å². The van der Waals surface area contributed by atoms with Crippen molar-refractivity contribution in [2.24, 2.45) is 0 Å². The summed E-state index contributed by atoms with van der Waals surface area (Å²) in [6.07, 6.45) is 8.02. The Morgan fingerprint density at radius 1 is 1.20 bits per heavy atom. The van der Waals surface area contributed by atoms with E-state index in [0.717, 1.165) is 42.8 Å². The lowest BCUT2D eigenvalue weighted by Crippen LogP contribution is -2.27. The fourth-order valence-electron chi connectivity index (χ4n) is 3.39. The molecule has 1 saturated carbocycles. The van der Waals surface area contributed by atoms with Gasteiger partial charge in [0.1, 0.15) is 17.0 Å². The first-order valence-electron chi connectivity index (χ1n) is 9.38. The molecule has 4 rings (SSSR count). The number of nitrogens with one attached hydrogen (secondary N) is 1. The highest BCUT2D eigenvalue weighted by Crippen LogP contribution is 2.29. The number of fused-ring (bicyclic) bond motifs is 1. The van der Waals surface area contributed by atoms with E-state index >= 15 is 0 Å². The van der Waals surface area contributed by atoms with Crippen LogP contribution in [-0.4, -0.2) is 40.2 Å². The second-order valence-corrected chi connectivity index (χ2v) is 7.15. The van der Waals surface area contributed by atoms with Crippen molar-refractivity contribution in [3.63, 3.8) is 0 Å². The van der Waals surface area contributed by atoms with Crippen LogP contribution < -0.4 is 10.2 Å². The normalized spacial score (nSPS) is 18.4. The third-order valence-electron chi connectivity index (χ3n) is 4.96. The third kappa shape index (κ3) is 3.75. The average molecular weight is 343 g/mol. The van der Waals surface area contributed by atoms with Gasteiger partial charge in [0.25, 0.3) is 5.71 Å². The largest absolute Gasteiger partial charge is 0.356 e.